The van der Waals surface area contributed by atoms with Crippen molar-refractivity contribution in [3.63, 3.8) is 0 Å². The average Bonchev–Trinajstić information content (AvgIpc) is 2.67. The van der Waals surface area contributed by atoms with Gasteiger partial charge in [-0.05, 0) is 36.5 Å². The van der Waals surface area contributed by atoms with Gasteiger partial charge < -0.3 is 10.8 Å². The number of rotatable bonds is 4. The smallest absolute Gasteiger partial charge is 0.374 e. The van der Waals surface area contributed by atoms with Gasteiger partial charge in [0, 0.05) is 24.2 Å². The molecule has 1 heterocycles. The monoisotopic (exact) mass is 378 g/mol. The number of amides is 1. The zero-order valence-electron chi connectivity index (χ0n) is 14.6. The number of piperidine rings is 1. The number of aliphatic hydroxyl groups excluding tert-OH is 1. The van der Waals surface area contributed by atoms with E-state index in [0.29, 0.717) is 37.1 Å². The topological polar surface area (TPSA) is 66.6 Å². The van der Waals surface area contributed by atoms with E-state index in [1.54, 1.807) is 35.2 Å². The van der Waals surface area contributed by atoms with Crippen LogP contribution in [0.15, 0.2) is 48.5 Å². The Morgan fingerprint density at radius 1 is 1.07 bits per heavy atom. The maximum atomic E-state index is 13.3. The molecular formula is C20H21F3N2O2. The molecule has 2 aromatic carbocycles. The molecule has 0 radical (unpaired) electrons. The second kappa shape index (κ2) is 7.70. The molecule has 1 amide bonds. The standard InChI is InChI=1S/C20H21F3N2O2/c21-20(22,23)17-8-4-3-5-14(17)13-9-11-25(12-10-13)19(27)16-7-2-1-6-15(16)18(24)26/h1-8,13,19,27H,9-12H2,(H2,24,26). The molecule has 0 aromatic heterocycles. The van der Waals surface area contributed by atoms with Gasteiger partial charge in [0.15, 0.2) is 0 Å². The lowest BCUT2D eigenvalue weighted by molar-refractivity contribution is -0.138. The van der Waals surface area contributed by atoms with Crippen molar-refractivity contribution in [3.05, 3.63) is 70.8 Å². The Labute approximate surface area is 155 Å². The van der Waals surface area contributed by atoms with Crippen molar-refractivity contribution in [2.24, 2.45) is 5.73 Å². The van der Waals surface area contributed by atoms with Crippen LogP contribution in [-0.4, -0.2) is 29.0 Å². The Balaban J connectivity index is 1.74. The number of primary amides is 1. The highest BCUT2D eigenvalue weighted by atomic mass is 19.4. The minimum Gasteiger partial charge on any atom is -0.374 e. The predicted molar refractivity (Wildman–Crippen MR) is 94.9 cm³/mol. The molecule has 0 saturated carbocycles. The van der Waals surface area contributed by atoms with Crippen molar-refractivity contribution in [1.29, 1.82) is 0 Å². The summed E-state index contributed by atoms with van der Waals surface area (Å²) < 4.78 is 39.8. The van der Waals surface area contributed by atoms with E-state index in [1.807, 2.05) is 0 Å². The average molecular weight is 378 g/mol. The maximum absolute atomic E-state index is 13.3. The normalized spacial score (nSPS) is 17.6. The molecule has 3 N–H and O–H groups in total. The second-order valence-electron chi connectivity index (χ2n) is 6.72. The van der Waals surface area contributed by atoms with Gasteiger partial charge in [0.05, 0.1) is 5.56 Å². The second-order valence-corrected chi connectivity index (χ2v) is 6.72. The van der Waals surface area contributed by atoms with Crippen LogP contribution in [0, 0.1) is 0 Å². The number of hydrogen-bond donors (Lipinski definition) is 2. The van der Waals surface area contributed by atoms with Gasteiger partial charge in [-0.2, -0.15) is 13.2 Å². The fourth-order valence-corrected chi connectivity index (χ4v) is 3.71. The summed E-state index contributed by atoms with van der Waals surface area (Å²) in [6, 6.07) is 12.2. The molecule has 4 nitrogen and oxygen atoms in total. The van der Waals surface area contributed by atoms with E-state index in [-0.39, 0.29) is 11.5 Å². The van der Waals surface area contributed by atoms with E-state index < -0.39 is 23.9 Å². The summed E-state index contributed by atoms with van der Waals surface area (Å²) in [5, 5.41) is 10.7. The molecule has 27 heavy (non-hydrogen) atoms. The summed E-state index contributed by atoms with van der Waals surface area (Å²) in [7, 11) is 0. The maximum Gasteiger partial charge on any atom is 0.416 e. The van der Waals surface area contributed by atoms with Crippen molar-refractivity contribution in [2.75, 3.05) is 13.1 Å². The number of alkyl halides is 3. The van der Waals surface area contributed by atoms with Crippen LogP contribution >= 0.6 is 0 Å². The first-order valence-electron chi connectivity index (χ1n) is 8.76. The predicted octanol–water partition coefficient (Wildman–Crippen LogP) is 3.67. The molecule has 1 aliphatic rings. The number of aliphatic hydroxyl groups is 1. The van der Waals surface area contributed by atoms with Crippen molar-refractivity contribution < 1.29 is 23.1 Å². The largest absolute Gasteiger partial charge is 0.416 e. The Hall–Kier alpha value is -2.38. The molecule has 7 heteroatoms. The summed E-state index contributed by atoms with van der Waals surface area (Å²) in [5.74, 6) is -0.851. The van der Waals surface area contributed by atoms with Gasteiger partial charge in [0.1, 0.15) is 6.23 Å². The van der Waals surface area contributed by atoms with Crippen LogP contribution in [0.25, 0.3) is 0 Å². The fraction of sp³-hybridized carbons (Fsp3) is 0.350. The van der Waals surface area contributed by atoms with E-state index in [9.17, 15) is 23.1 Å². The minimum atomic E-state index is -4.38. The first-order valence-corrected chi connectivity index (χ1v) is 8.76. The van der Waals surface area contributed by atoms with Crippen LogP contribution in [0.5, 0.6) is 0 Å². The van der Waals surface area contributed by atoms with Gasteiger partial charge >= 0.3 is 6.18 Å². The molecule has 2 aromatic rings. The highest BCUT2D eigenvalue weighted by molar-refractivity contribution is 5.94. The first kappa shape index (κ1) is 19.4. The van der Waals surface area contributed by atoms with Crippen LogP contribution in [0.1, 0.15) is 52.0 Å². The van der Waals surface area contributed by atoms with E-state index >= 15 is 0 Å². The number of nitrogens with zero attached hydrogens (tertiary/aromatic N) is 1. The van der Waals surface area contributed by atoms with E-state index in [1.165, 1.54) is 12.1 Å². The molecule has 1 unspecified atom stereocenters. The third kappa shape index (κ3) is 4.14. The highest BCUT2D eigenvalue weighted by Crippen LogP contribution is 2.39. The third-order valence-electron chi connectivity index (χ3n) is 5.09. The molecule has 3 rings (SSSR count). The molecular weight excluding hydrogens is 357 g/mol. The molecule has 1 fully saturated rings. The molecule has 0 bridgehead atoms. The fourth-order valence-electron chi connectivity index (χ4n) is 3.71. The molecule has 1 aliphatic heterocycles. The van der Waals surface area contributed by atoms with E-state index in [0.717, 1.165) is 6.07 Å². The number of benzene rings is 2. The Morgan fingerprint density at radius 3 is 2.30 bits per heavy atom. The van der Waals surface area contributed by atoms with Gasteiger partial charge in [0.2, 0.25) is 5.91 Å². The zero-order valence-corrected chi connectivity index (χ0v) is 14.6. The summed E-state index contributed by atoms with van der Waals surface area (Å²) in [5.41, 5.74) is 5.73. The molecule has 1 atom stereocenters. The first-order chi connectivity index (χ1) is 12.8. The van der Waals surface area contributed by atoms with Gasteiger partial charge in [-0.3, -0.25) is 9.69 Å². The third-order valence-corrected chi connectivity index (χ3v) is 5.09. The lowest BCUT2D eigenvalue weighted by Gasteiger charge is -2.36. The number of nitrogens with two attached hydrogens (primary N) is 1. The van der Waals surface area contributed by atoms with Crippen LogP contribution in [-0.2, 0) is 6.18 Å². The van der Waals surface area contributed by atoms with Crippen LogP contribution < -0.4 is 5.73 Å². The molecule has 0 aliphatic carbocycles. The van der Waals surface area contributed by atoms with Crippen molar-refractivity contribution >= 4 is 5.91 Å². The van der Waals surface area contributed by atoms with Crippen LogP contribution in [0.4, 0.5) is 13.2 Å². The van der Waals surface area contributed by atoms with Crippen molar-refractivity contribution in [2.45, 2.75) is 31.2 Å². The zero-order chi connectivity index (χ0) is 19.6. The van der Waals surface area contributed by atoms with Gasteiger partial charge in [-0.1, -0.05) is 36.4 Å². The minimum absolute atomic E-state index is 0.224. The Bertz CT molecular complexity index is 815. The Morgan fingerprint density at radius 2 is 1.67 bits per heavy atom. The summed E-state index contributed by atoms with van der Waals surface area (Å²) >= 11 is 0. The van der Waals surface area contributed by atoms with Crippen molar-refractivity contribution in [1.82, 2.24) is 4.90 Å². The number of hydrogen-bond acceptors (Lipinski definition) is 3. The quantitative estimate of drug-likeness (QED) is 0.853. The lowest BCUT2D eigenvalue weighted by atomic mass is 9.86. The van der Waals surface area contributed by atoms with Crippen LogP contribution in [0.3, 0.4) is 0 Å². The molecule has 1 saturated heterocycles. The Kier molecular flexibility index (Phi) is 5.53. The highest BCUT2D eigenvalue weighted by Gasteiger charge is 2.36. The summed E-state index contributed by atoms with van der Waals surface area (Å²) in [4.78, 5) is 13.3. The number of carbonyl (C=O) groups excluding carboxylic acids is 1. The lowest BCUT2D eigenvalue weighted by Crippen LogP contribution is -2.37. The van der Waals surface area contributed by atoms with Crippen molar-refractivity contribution in [3.8, 4) is 0 Å². The number of halogens is 3. The van der Waals surface area contributed by atoms with E-state index in [2.05, 4.69) is 0 Å². The van der Waals surface area contributed by atoms with E-state index in [4.69, 9.17) is 5.73 Å². The molecule has 144 valence electrons. The van der Waals surface area contributed by atoms with Gasteiger partial charge in [-0.15, -0.1) is 0 Å². The molecule has 0 spiro atoms. The van der Waals surface area contributed by atoms with Gasteiger partial charge in [0.25, 0.3) is 0 Å². The summed E-state index contributed by atoms with van der Waals surface area (Å²) in [6.45, 7) is 0.843. The number of likely N-dealkylation sites (tertiary alicyclic amines) is 1. The van der Waals surface area contributed by atoms with Crippen LogP contribution in [0.2, 0.25) is 0 Å². The number of carbonyl (C=O) groups is 1. The summed E-state index contributed by atoms with van der Waals surface area (Å²) in [6.07, 6.45) is -4.42. The SMILES string of the molecule is NC(=O)c1ccccc1C(O)N1CCC(c2ccccc2C(F)(F)F)CC1. The van der Waals surface area contributed by atoms with Gasteiger partial charge in [-0.25, -0.2) is 0 Å².